The highest BCUT2D eigenvalue weighted by Gasteiger charge is 2.60. The maximum atomic E-state index is 14.4. The Balaban J connectivity index is 1.63. The van der Waals surface area contributed by atoms with Gasteiger partial charge in [0.05, 0.1) is 13.0 Å². The number of allylic oxidation sites excluding steroid dienone is 2. The summed E-state index contributed by atoms with van der Waals surface area (Å²) in [5.74, 6) is -2.53. The van der Waals surface area contributed by atoms with E-state index in [1.54, 1.807) is 25.3 Å². The molecule has 1 aromatic heterocycles. The minimum atomic E-state index is -5.03. The lowest BCUT2D eigenvalue weighted by Crippen LogP contribution is -2.43. The molecule has 16 heteroatoms. The molecule has 0 saturated heterocycles. The summed E-state index contributed by atoms with van der Waals surface area (Å²) in [6, 6.07) is 13.9. The van der Waals surface area contributed by atoms with Crippen LogP contribution in [-0.2, 0) is 39.9 Å². The number of benzene rings is 1. The zero-order valence-electron chi connectivity index (χ0n) is 29.4. The van der Waals surface area contributed by atoms with E-state index in [1.165, 1.54) is 18.2 Å². The Hall–Kier alpha value is -5.99. The number of nitriles is 3. The van der Waals surface area contributed by atoms with Crippen LogP contribution in [0, 0.1) is 34.0 Å². The predicted molar refractivity (Wildman–Crippen MR) is 191 cm³/mol. The van der Waals surface area contributed by atoms with Gasteiger partial charge in [0.1, 0.15) is 37.2 Å². The Morgan fingerprint density at radius 2 is 1.74 bits per heavy atom. The number of rotatable bonds is 16. The second-order valence-electron chi connectivity index (χ2n) is 11.7. The van der Waals surface area contributed by atoms with Crippen LogP contribution in [0.4, 0.5) is 18.9 Å². The van der Waals surface area contributed by atoms with Crippen LogP contribution < -0.4 is 4.90 Å². The number of methoxy groups -OCH3 is 1. The predicted octanol–water partition coefficient (Wildman–Crippen LogP) is 6.21. The van der Waals surface area contributed by atoms with Gasteiger partial charge < -0.3 is 23.8 Å². The van der Waals surface area contributed by atoms with E-state index in [4.69, 9.17) is 18.9 Å². The molecule has 1 atom stereocenters. The van der Waals surface area contributed by atoms with Crippen LogP contribution in [0.15, 0.2) is 71.0 Å². The standard InChI is InChI=1S/C38H34F3N5O7S/c1-4-45(17-18-51-24-50-3)28-8-5-25(6-9-28)7-12-32-26(23-52-35(49)15-16-46-33(47)13-14-34(46)48)19-29(54-32)10-11-31-30(22-44)36(27(20-42)21-43)53-37(31,2)38(39,40)41/h5-14,19H,4,15-18,23-24H2,1-3H3/b11-10+,12-7+. The van der Waals surface area contributed by atoms with Crippen LogP contribution in [0.2, 0.25) is 0 Å². The zero-order valence-corrected chi connectivity index (χ0v) is 30.3. The van der Waals surface area contributed by atoms with Crippen molar-refractivity contribution < 1.29 is 46.5 Å². The van der Waals surface area contributed by atoms with Crippen LogP contribution in [0.1, 0.15) is 41.1 Å². The number of hydrogen-bond donors (Lipinski definition) is 0. The first-order valence-corrected chi connectivity index (χ1v) is 17.2. The molecule has 2 aromatic rings. The minimum Gasteiger partial charge on any atom is -0.470 e. The van der Waals surface area contributed by atoms with Gasteiger partial charge in [-0.15, -0.1) is 11.3 Å². The van der Waals surface area contributed by atoms with Crippen molar-refractivity contribution in [2.24, 2.45) is 0 Å². The summed E-state index contributed by atoms with van der Waals surface area (Å²) >= 11 is 1.16. The van der Waals surface area contributed by atoms with Gasteiger partial charge in [0.25, 0.3) is 11.8 Å². The molecule has 12 nitrogen and oxygen atoms in total. The number of thiophene rings is 1. The second kappa shape index (κ2) is 18.2. The summed E-state index contributed by atoms with van der Waals surface area (Å²) in [6.07, 6.45) is 2.87. The van der Waals surface area contributed by atoms with Crippen molar-refractivity contribution in [3.63, 3.8) is 0 Å². The van der Waals surface area contributed by atoms with Gasteiger partial charge in [-0.05, 0) is 49.8 Å². The summed E-state index contributed by atoms with van der Waals surface area (Å²) < 4.78 is 64.0. The minimum absolute atomic E-state index is 0.175. The van der Waals surface area contributed by atoms with Crippen LogP contribution in [-0.4, -0.2) is 74.6 Å². The Morgan fingerprint density at radius 1 is 1.06 bits per heavy atom. The lowest BCUT2D eigenvalue weighted by atomic mass is 9.92. The number of esters is 1. The topological polar surface area (TPSA) is 166 Å². The quantitative estimate of drug-likeness (QED) is 0.0628. The summed E-state index contributed by atoms with van der Waals surface area (Å²) in [4.78, 5) is 40.3. The highest BCUT2D eigenvalue weighted by Crippen LogP contribution is 2.49. The molecule has 0 radical (unpaired) electrons. The van der Waals surface area contributed by atoms with Gasteiger partial charge in [0, 0.05) is 65.5 Å². The average Bonchev–Trinajstić information content (AvgIpc) is 3.80. The molecule has 0 spiro atoms. The number of hydrogen-bond acceptors (Lipinski definition) is 12. The molecular formula is C38H34F3N5O7S. The first-order valence-electron chi connectivity index (χ1n) is 16.3. The number of ether oxygens (including phenoxy) is 4. The lowest BCUT2D eigenvalue weighted by Gasteiger charge is -2.28. The number of carbonyl (C=O) groups is 3. The average molecular weight is 762 g/mol. The fourth-order valence-electron chi connectivity index (χ4n) is 5.34. The molecule has 0 bridgehead atoms. The molecule has 2 amide bonds. The number of alkyl halides is 3. The molecule has 4 rings (SSSR count). The SMILES string of the molecule is CCN(CCOCOC)c1ccc(/C=C/c2sc(/C=C/C3=C(C#N)C(=C(C#N)C#N)OC3(C)C(F)(F)F)cc2COC(=O)CCN2C(=O)C=CC2=O)cc1. The fourth-order valence-corrected chi connectivity index (χ4v) is 6.32. The molecule has 0 N–H and O–H groups in total. The number of nitrogens with zero attached hydrogens (tertiary/aromatic N) is 5. The van der Waals surface area contributed by atoms with E-state index in [2.05, 4.69) is 4.90 Å². The van der Waals surface area contributed by atoms with E-state index in [9.17, 15) is 43.3 Å². The third-order valence-corrected chi connectivity index (χ3v) is 9.41. The maximum absolute atomic E-state index is 14.4. The zero-order chi connectivity index (χ0) is 39.5. The van der Waals surface area contributed by atoms with Crippen LogP contribution in [0.25, 0.3) is 18.2 Å². The van der Waals surface area contributed by atoms with Gasteiger partial charge in [-0.25, -0.2) is 0 Å². The van der Waals surface area contributed by atoms with Crippen molar-refractivity contribution in [1.82, 2.24) is 4.90 Å². The van der Waals surface area contributed by atoms with Crippen LogP contribution >= 0.6 is 11.3 Å². The van der Waals surface area contributed by atoms with Gasteiger partial charge in [-0.1, -0.05) is 24.3 Å². The van der Waals surface area contributed by atoms with Crippen LogP contribution in [0.5, 0.6) is 0 Å². The fraction of sp³-hybridized carbons (Fsp3) is 0.316. The molecule has 1 unspecified atom stereocenters. The first-order chi connectivity index (χ1) is 25.8. The molecule has 0 aliphatic carbocycles. The number of amides is 2. The van der Waals surface area contributed by atoms with E-state index in [-0.39, 0.29) is 26.4 Å². The first kappa shape index (κ1) is 40.8. The van der Waals surface area contributed by atoms with Gasteiger partial charge >= 0.3 is 12.1 Å². The van der Waals surface area contributed by atoms with Gasteiger partial charge in [0.15, 0.2) is 11.3 Å². The smallest absolute Gasteiger partial charge is 0.432 e. The molecule has 2 aliphatic rings. The molecular weight excluding hydrogens is 728 g/mol. The normalized spacial score (nSPS) is 16.9. The lowest BCUT2D eigenvalue weighted by molar-refractivity contribution is -0.236. The summed E-state index contributed by atoms with van der Waals surface area (Å²) in [5.41, 5.74) is -2.72. The van der Waals surface area contributed by atoms with Crippen LogP contribution in [0.3, 0.4) is 0 Å². The van der Waals surface area contributed by atoms with Crippen molar-refractivity contribution in [2.45, 2.75) is 38.7 Å². The second-order valence-corrected chi connectivity index (χ2v) is 12.8. The maximum Gasteiger partial charge on any atom is 0.432 e. The number of imide groups is 1. The van der Waals surface area contributed by atoms with E-state index in [0.717, 1.165) is 52.3 Å². The highest BCUT2D eigenvalue weighted by atomic mass is 32.1. The van der Waals surface area contributed by atoms with E-state index >= 15 is 0 Å². The number of carbonyl (C=O) groups excluding carboxylic acids is 3. The molecule has 0 fully saturated rings. The molecule has 3 heterocycles. The number of likely N-dealkylation sites (N-methyl/N-ethyl adjacent to an activating group) is 1. The summed E-state index contributed by atoms with van der Waals surface area (Å²) in [7, 11) is 1.55. The highest BCUT2D eigenvalue weighted by molar-refractivity contribution is 7.14. The van der Waals surface area contributed by atoms with Gasteiger partial charge in [0.2, 0.25) is 5.60 Å². The monoisotopic (exact) mass is 761 g/mol. The number of anilines is 1. The van der Waals surface area contributed by atoms with E-state index in [0.29, 0.717) is 35.4 Å². The Morgan fingerprint density at radius 3 is 2.33 bits per heavy atom. The van der Waals surface area contributed by atoms with E-state index in [1.807, 2.05) is 37.3 Å². The van der Waals surface area contributed by atoms with Crippen molar-refractivity contribution in [1.29, 1.82) is 15.8 Å². The third-order valence-electron chi connectivity index (χ3n) is 8.30. The third kappa shape index (κ3) is 9.51. The molecule has 2 aliphatic heterocycles. The van der Waals surface area contributed by atoms with Crippen molar-refractivity contribution in [3.05, 3.63) is 91.9 Å². The molecule has 280 valence electrons. The van der Waals surface area contributed by atoms with Crippen molar-refractivity contribution in [3.8, 4) is 18.2 Å². The molecule has 54 heavy (non-hydrogen) atoms. The molecule has 1 aromatic carbocycles. The Kier molecular flexibility index (Phi) is 13.7. The van der Waals surface area contributed by atoms with Crippen molar-refractivity contribution >= 4 is 53.0 Å². The molecule has 0 saturated carbocycles. The largest absolute Gasteiger partial charge is 0.470 e. The van der Waals surface area contributed by atoms with Gasteiger partial charge in [-0.3, -0.25) is 19.3 Å². The Bertz CT molecular complexity index is 2010. The van der Waals surface area contributed by atoms with Gasteiger partial charge in [-0.2, -0.15) is 29.0 Å². The summed E-state index contributed by atoms with van der Waals surface area (Å²) in [5, 5.41) is 28.4. The van der Waals surface area contributed by atoms with E-state index < -0.39 is 52.0 Å². The van der Waals surface area contributed by atoms with Crippen molar-refractivity contribution in [2.75, 3.05) is 45.0 Å². The number of halogens is 3. The Labute approximate surface area is 313 Å². The summed E-state index contributed by atoms with van der Waals surface area (Å²) in [6.45, 7) is 4.39.